The Kier molecular flexibility index (Phi) is 5.24. The molecule has 1 aromatic carbocycles. The number of nitrogens with zero attached hydrogens (tertiary/aromatic N) is 1. The van der Waals surface area contributed by atoms with Crippen molar-refractivity contribution in [2.45, 2.75) is 46.6 Å². The molecule has 1 aromatic rings. The van der Waals surface area contributed by atoms with Gasteiger partial charge in [0.1, 0.15) is 0 Å². The first kappa shape index (κ1) is 15.1. The predicted octanol–water partition coefficient (Wildman–Crippen LogP) is 4.15. The smallest absolute Gasteiger partial charge is 0.0374 e. The van der Waals surface area contributed by atoms with Gasteiger partial charge in [-0.3, -0.25) is 4.90 Å². The molecule has 2 heteroatoms. The quantitative estimate of drug-likeness (QED) is 0.828. The molecule has 110 valence electrons. The van der Waals surface area contributed by atoms with Gasteiger partial charge in [0.05, 0.1) is 0 Å². The van der Waals surface area contributed by atoms with E-state index in [1.165, 1.54) is 48.3 Å². The monoisotopic (exact) mass is 272 g/mol. The van der Waals surface area contributed by atoms with Crippen LogP contribution in [0.5, 0.6) is 0 Å². The van der Waals surface area contributed by atoms with Crippen LogP contribution in [0.4, 0.5) is 5.69 Å². The summed E-state index contributed by atoms with van der Waals surface area (Å²) in [6, 6.07) is 7.16. The van der Waals surface area contributed by atoms with Crippen molar-refractivity contribution >= 4 is 5.69 Å². The van der Waals surface area contributed by atoms with E-state index in [4.69, 9.17) is 0 Å². The highest BCUT2D eigenvalue weighted by atomic mass is 15.1. The second-order valence-electron chi connectivity index (χ2n) is 6.25. The third kappa shape index (κ3) is 4.11. The summed E-state index contributed by atoms with van der Waals surface area (Å²) in [5.74, 6) is 0. The summed E-state index contributed by atoms with van der Waals surface area (Å²) in [4.78, 5) is 2.55. The third-order valence-corrected chi connectivity index (χ3v) is 4.31. The van der Waals surface area contributed by atoms with Crippen molar-refractivity contribution in [2.75, 3.05) is 25.0 Å². The number of allylic oxidation sites excluding steroid dienone is 1. The van der Waals surface area contributed by atoms with Crippen LogP contribution in [-0.4, -0.2) is 30.6 Å². The van der Waals surface area contributed by atoms with Crippen LogP contribution < -0.4 is 5.32 Å². The van der Waals surface area contributed by atoms with E-state index in [0.29, 0.717) is 6.04 Å². The Bertz CT molecular complexity index is 464. The fourth-order valence-corrected chi connectivity index (χ4v) is 2.70. The fraction of sp³-hybridized carbons (Fsp3) is 0.556. The highest BCUT2D eigenvalue weighted by Crippen LogP contribution is 2.22. The van der Waals surface area contributed by atoms with Gasteiger partial charge in [-0.25, -0.2) is 0 Å². The number of anilines is 1. The number of hydrogen-bond acceptors (Lipinski definition) is 2. The van der Waals surface area contributed by atoms with Gasteiger partial charge in [-0.2, -0.15) is 0 Å². The summed E-state index contributed by atoms with van der Waals surface area (Å²) in [5, 5.41) is 3.73. The van der Waals surface area contributed by atoms with Gasteiger partial charge in [0, 0.05) is 31.4 Å². The van der Waals surface area contributed by atoms with Crippen LogP contribution in [0.3, 0.4) is 0 Å². The molecule has 0 atom stereocenters. The van der Waals surface area contributed by atoms with Crippen molar-refractivity contribution in [3.05, 3.63) is 41.0 Å². The van der Waals surface area contributed by atoms with Crippen molar-refractivity contribution in [2.24, 2.45) is 0 Å². The van der Waals surface area contributed by atoms with Crippen molar-refractivity contribution < 1.29 is 0 Å². The number of nitrogens with one attached hydrogen (secondary N) is 1. The van der Waals surface area contributed by atoms with E-state index in [2.05, 4.69) is 62.2 Å². The number of piperidine rings is 1. The van der Waals surface area contributed by atoms with Gasteiger partial charge in [0.25, 0.3) is 0 Å². The molecule has 1 saturated heterocycles. The molecule has 1 fully saturated rings. The molecule has 0 aromatic heterocycles. The summed E-state index contributed by atoms with van der Waals surface area (Å²) in [7, 11) is 0. The van der Waals surface area contributed by atoms with Crippen LogP contribution in [0.15, 0.2) is 29.8 Å². The van der Waals surface area contributed by atoms with Gasteiger partial charge in [-0.1, -0.05) is 23.8 Å². The van der Waals surface area contributed by atoms with Crippen molar-refractivity contribution in [1.29, 1.82) is 0 Å². The van der Waals surface area contributed by atoms with Crippen LogP contribution >= 0.6 is 0 Å². The maximum Gasteiger partial charge on any atom is 0.0374 e. The zero-order valence-electron chi connectivity index (χ0n) is 13.4. The maximum atomic E-state index is 3.73. The van der Waals surface area contributed by atoms with Gasteiger partial charge in [-0.15, -0.1) is 0 Å². The number of hydrogen-bond donors (Lipinski definition) is 1. The normalized spacial score (nSPS) is 17.0. The predicted molar refractivity (Wildman–Crippen MR) is 88.4 cm³/mol. The van der Waals surface area contributed by atoms with Crippen LogP contribution in [-0.2, 0) is 0 Å². The van der Waals surface area contributed by atoms with E-state index in [0.717, 1.165) is 6.54 Å². The molecule has 1 aliphatic heterocycles. The number of benzene rings is 1. The van der Waals surface area contributed by atoms with E-state index in [1.807, 2.05) is 0 Å². The van der Waals surface area contributed by atoms with Crippen molar-refractivity contribution in [3.63, 3.8) is 0 Å². The minimum absolute atomic E-state index is 0.624. The third-order valence-electron chi connectivity index (χ3n) is 4.31. The van der Waals surface area contributed by atoms with Gasteiger partial charge >= 0.3 is 0 Å². The van der Waals surface area contributed by atoms with E-state index in [1.54, 1.807) is 0 Å². The molecule has 1 aliphatic rings. The highest BCUT2D eigenvalue weighted by Gasteiger charge is 2.18. The SMILES string of the molecule is CC(C)=CCN1CCC(Nc2cccc(C)c2C)CC1. The Morgan fingerprint density at radius 1 is 1.25 bits per heavy atom. The molecule has 20 heavy (non-hydrogen) atoms. The zero-order valence-corrected chi connectivity index (χ0v) is 13.4. The maximum absolute atomic E-state index is 3.73. The summed E-state index contributed by atoms with van der Waals surface area (Å²) in [5.41, 5.74) is 5.49. The first-order valence-corrected chi connectivity index (χ1v) is 7.74. The molecule has 0 aliphatic carbocycles. The fourth-order valence-electron chi connectivity index (χ4n) is 2.70. The lowest BCUT2D eigenvalue weighted by Gasteiger charge is -2.32. The van der Waals surface area contributed by atoms with Crippen LogP contribution in [0.2, 0.25) is 0 Å². The highest BCUT2D eigenvalue weighted by molar-refractivity contribution is 5.54. The largest absolute Gasteiger partial charge is 0.382 e. The van der Waals surface area contributed by atoms with Crippen molar-refractivity contribution in [1.82, 2.24) is 4.90 Å². The summed E-state index contributed by atoms with van der Waals surface area (Å²) in [6.45, 7) is 12.3. The van der Waals surface area contributed by atoms with Crippen molar-refractivity contribution in [3.8, 4) is 0 Å². The lowest BCUT2D eigenvalue weighted by Crippen LogP contribution is -2.39. The molecule has 0 unspecified atom stereocenters. The van der Waals surface area contributed by atoms with Gasteiger partial charge in [0.2, 0.25) is 0 Å². The molecule has 0 spiro atoms. The minimum atomic E-state index is 0.624. The second-order valence-corrected chi connectivity index (χ2v) is 6.25. The lowest BCUT2D eigenvalue weighted by atomic mass is 10.0. The van der Waals surface area contributed by atoms with Crippen LogP contribution in [0, 0.1) is 13.8 Å². The van der Waals surface area contributed by atoms with E-state index >= 15 is 0 Å². The van der Waals surface area contributed by atoms with E-state index < -0.39 is 0 Å². The molecule has 1 N–H and O–H groups in total. The molecule has 1 heterocycles. The molecule has 0 radical (unpaired) electrons. The summed E-state index contributed by atoms with van der Waals surface area (Å²) >= 11 is 0. The van der Waals surface area contributed by atoms with E-state index in [-0.39, 0.29) is 0 Å². The molecule has 0 amide bonds. The second kappa shape index (κ2) is 6.94. The molecular formula is C18H28N2. The number of aryl methyl sites for hydroxylation is 1. The first-order chi connectivity index (χ1) is 9.56. The topological polar surface area (TPSA) is 15.3 Å². The molecule has 0 bridgehead atoms. The molecule has 2 rings (SSSR count). The minimum Gasteiger partial charge on any atom is -0.382 e. The van der Waals surface area contributed by atoms with Gasteiger partial charge in [-0.05, 0) is 57.7 Å². The Labute approximate surface area is 123 Å². The molecule has 2 nitrogen and oxygen atoms in total. The van der Waals surface area contributed by atoms with E-state index in [9.17, 15) is 0 Å². The van der Waals surface area contributed by atoms with Gasteiger partial charge < -0.3 is 5.32 Å². The number of likely N-dealkylation sites (tertiary alicyclic amines) is 1. The Morgan fingerprint density at radius 3 is 2.60 bits per heavy atom. The Balaban J connectivity index is 1.85. The Morgan fingerprint density at radius 2 is 1.95 bits per heavy atom. The Hall–Kier alpha value is -1.28. The first-order valence-electron chi connectivity index (χ1n) is 7.74. The van der Waals surface area contributed by atoms with Gasteiger partial charge in [0.15, 0.2) is 0 Å². The zero-order chi connectivity index (χ0) is 14.5. The molecular weight excluding hydrogens is 244 g/mol. The summed E-state index contributed by atoms with van der Waals surface area (Å²) in [6.07, 6.45) is 4.81. The molecule has 0 saturated carbocycles. The average molecular weight is 272 g/mol. The van der Waals surface area contributed by atoms with Crippen LogP contribution in [0.25, 0.3) is 0 Å². The lowest BCUT2D eigenvalue weighted by molar-refractivity contribution is 0.240. The number of rotatable bonds is 4. The average Bonchev–Trinajstić information content (AvgIpc) is 2.43. The van der Waals surface area contributed by atoms with Crippen LogP contribution in [0.1, 0.15) is 37.8 Å². The standard InChI is InChI=1S/C18H28N2/c1-14(2)8-11-20-12-9-17(10-13-20)19-18-7-5-6-15(3)16(18)4/h5-8,17,19H,9-13H2,1-4H3. The summed E-state index contributed by atoms with van der Waals surface area (Å²) < 4.78 is 0.